The molecule has 2 unspecified atom stereocenters. The highest BCUT2D eigenvalue weighted by atomic mass is 16.6. The highest BCUT2D eigenvalue weighted by Gasteiger charge is 2.29. The smallest absolute Gasteiger partial charge is 0.314 e. The number of carbonyl (C=O) groups is 2. The Labute approximate surface area is 137 Å². The number of anilines is 1. The van der Waals surface area contributed by atoms with Crippen molar-refractivity contribution in [2.24, 2.45) is 5.92 Å². The molecule has 128 valence electrons. The summed E-state index contributed by atoms with van der Waals surface area (Å²) in [5.41, 5.74) is 0.774. The van der Waals surface area contributed by atoms with Crippen molar-refractivity contribution < 1.29 is 24.2 Å². The van der Waals surface area contributed by atoms with E-state index in [9.17, 15) is 14.7 Å². The van der Waals surface area contributed by atoms with Gasteiger partial charge in [0.1, 0.15) is 5.92 Å². The van der Waals surface area contributed by atoms with Crippen molar-refractivity contribution >= 4 is 17.6 Å². The predicted molar refractivity (Wildman–Crippen MR) is 86.8 cm³/mol. The lowest BCUT2D eigenvalue weighted by Gasteiger charge is -2.22. The summed E-state index contributed by atoms with van der Waals surface area (Å²) in [4.78, 5) is 25.7. The summed E-state index contributed by atoms with van der Waals surface area (Å²) in [6.45, 7) is 3.90. The fourth-order valence-corrected chi connectivity index (χ4v) is 2.16. The Bertz CT molecular complexity index is 491. The number of esters is 1. The summed E-state index contributed by atoms with van der Waals surface area (Å²) >= 11 is 0. The summed E-state index contributed by atoms with van der Waals surface area (Å²) in [6.07, 6.45) is -0.997. The number of hydrogen-bond donors (Lipinski definition) is 1. The van der Waals surface area contributed by atoms with E-state index in [0.29, 0.717) is 0 Å². The number of aliphatic hydroxyl groups excluding tert-OH is 1. The van der Waals surface area contributed by atoms with Crippen LogP contribution in [-0.2, 0) is 19.1 Å². The van der Waals surface area contributed by atoms with Crippen molar-refractivity contribution in [2.45, 2.75) is 33.0 Å². The molecule has 1 rings (SSSR count). The molecule has 23 heavy (non-hydrogen) atoms. The van der Waals surface area contributed by atoms with E-state index >= 15 is 0 Å². The van der Waals surface area contributed by atoms with Gasteiger partial charge in [0.05, 0.1) is 6.61 Å². The Balaban J connectivity index is 2.65. The van der Waals surface area contributed by atoms with Gasteiger partial charge in [-0.1, -0.05) is 18.2 Å². The molecule has 1 aromatic carbocycles. The summed E-state index contributed by atoms with van der Waals surface area (Å²) in [5, 5.41) is 9.93. The molecular formula is C17H25NO5. The Morgan fingerprint density at radius 1 is 1.17 bits per heavy atom. The molecule has 6 heteroatoms. The minimum Gasteiger partial charge on any atom is -0.466 e. The third-order valence-corrected chi connectivity index (χ3v) is 3.46. The Morgan fingerprint density at radius 3 is 2.39 bits per heavy atom. The van der Waals surface area contributed by atoms with Gasteiger partial charge in [-0.25, -0.2) is 0 Å². The van der Waals surface area contributed by atoms with Gasteiger partial charge in [0, 0.05) is 25.8 Å². The molecule has 0 saturated heterocycles. The number of para-hydroxylation sites is 1. The molecule has 0 saturated carbocycles. The molecule has 1 aromatic rings. The molecule has 0 fully saturated rings. The van der Waals surface area contributed by atoms with Crippen molar-refractivity contribution in [3.8, 4) is 0 Å². The zero-order chi connectivity index (χ0) is 17.2. The summed E-state index contributed by atoms with van der Waals surface area (Å²) in [6, 6.07) is 9.22. The van der Waals surface area contributed by atoms with E-state index in [1.165, 1.54) is 4.90 Å². The minimum absolute atomic E-state index is 0.110. The van der Waals surface area contributed by atoms with Crippen LogP contribution in [0.1, 0.15) is 26.7 Å². The molecule has 0 spiro atoms. The molecule has 0 aliphatic heterocycles. The maximum absolute atomic E-state index is 12.3. The number of hydrogen-bond acceptors (Lipinski definition) is 5. The predicted octanol–water partition coefficient (Wildman–Crippen LogP) is 1.96. The van der Waals surface area contributed by atoms with Crippen LogP contribution < -0.4 is 4.90 Å². The summed E-state index contributed by atoms with van der Waals surface area (Å²) < 4.78 is 10.0. The van der Waals surface area contributed by atoms with Crippen LogP contribution >= 0.6 is 0 Å². The first-order chi connectivity index (χ1) is 11.0. The average molecular weight is 323 g/mol. The Morgan fingerprint density at radius 2 is 1.83 bits per heavy atom. The van der Waals surface area contributed by atoms with Gasteiger partial charge >= 0.3 is 5.97 Å². The standard InChI is InChI=1S/C17H25NO5/c1-4-22-16(20)14(17(21)23-5-2)11-12-15(19)18(3)13-9-7-6-8-10-13/h6-10,14,16,20H,4-5,11-12H2,1-3H3. The Hall–Kier alpha value is -1.92. The normalized spacial score (nSPS) is 13.2. The second-order valence-corrected chi connectivity index (χ2v) is 5.03. The van der Waals surface area contributed by atoms with E-state index < -0.39 is 18.2 Å². The molecular weight excluding hydrogens is 298 g/mol. The number of nitrogens with zero attached hydrogens (tertiary/aromatic N) is 1. The van der Waals surface area contributed by atoms with Crippen LogP contribution in [0.2, 0.25) is 0 Å². The van der Waals surface area contributed by atoms with Gasteiger partial charge in [-0.3, -0.25) is 9.59 Å². The van der Waals surface area contributed by atoms with Gasteiger partial charge in [-0.2, -0.15) is 0 Å². The van der Waals surface area contributed by atoms with Crippen LogP contribution in [0, 0.1) is 5.92 Å². The van der Waals surface area contributed by atoms with E-state index in [1.807, 2.05) is 30.3 Å². The van der Waals surface area contributed by atoms with Gasteiger partial charge < -0.3 is 19.5 Å². The maximum atomic E-state index is 12.3. The molecule has 1 amide bonds. The third kappa shape index (κ3) is 6.00. The van der Waals surface area contributed by atoms with Gasteiger partial charge in [0.15, 0.2) is 6.29 Å². The quantitative estimate of drug-likeness (QED) is 0.555. The number of benzene rings is 1. The number of rotatable bonds is 9. The first-order valence-corrected chi connectivity index (χ1v) is 7.79. The second-order valence-electron chi connectivity index (χ2n) is 5.03. The zero-order valence-corrected chi connectivity index (χ0v) is 13.9. The van der Waals surface area contributed by atoms with E-state index in [0.717, 1.165) is 5.69 Å². The second kappa shape index (κ2) is 9.97. The van der Waals surface area contributed by atoms with E-state index in [1.54, 1.807) is 20.9 Å². The average Bonchev–Trinajstić information content (AvgIpc) is 2.55. The summed E-state index contributed by atoms with van der Waals surface area (Å²) in [7, 11) is 1.68. The van der Waals surface area contributed by atoms with Gasteiger partial charge in [-0.15, -0.1) is 0 Å². The van der Waals surface area contributed by atoms with E-state index in [4.69, 9.17) is 9.47 Å². The van der Waals surface area contributed by atoms with Crippen LogP contribution in [0.15, 0.2) is 30.3 Å². The van der Waals surface area contributed by atoms with Crippen LogP contribution in [0.25, 0.3) is 0 Å². The van der Waals surface area contributed by atoms with E-state index in [2.05, 4.69) is 0 Å². The molecule has 0 aromatic heterocycles. The first kappa shape index (κ1) is 19.1. The fraction of sp³-hybridized carbons (Fsp3) is 0.529. The van der Waals surface area contributed by atoms with Crippen LogP contribution in [0.4, 0.5) is 5.69 Å². The van der Waals surface area contributed by atoms with Crippen molar-refractivity contribution in [1.82, 2.24) is 0 Å². The molecule has 0 heterocycles. The van der Waals surface area contributed by atoms with Crippen LogP contribution in [0.3, 0.4) is 0 Å². The number of ether oxygens (including phenoxy) is 2. The minimum atomic E-state index is -1.27. The number of carbonyl (C=O) groups excluding carboxylic acids is 2. The fourth-order valence-electron chi connectivity index (χ4n) is 2.16. The highest BCUT2D eigenvalue weighted by molar-refractivity contribution is 5.93. The SMILES string of the molecule is CCOC(=O)C(CCC(=O)N(C)c1ccccc1)C(O)OCC. The summed E-state index contributed by atoms with van der Waals surface area (Å²) in [5.74, 6) is -1.57. The lowest BCUT2D eigenvalue weighted by atomic mass is 10.0. The first-order valence-electron chi connectivity index (χ1n) is 7.79. The molecule has 0 aliphatic carbocycles. The highest BCUT2D eigenvalue weighted by Crippen LogP contribution is 2.18. The van der Waals surface area contributed by atoms with Crippen molar-refractivity contribution in [3.63, 3.8) is 0 Å². The van der Waals surface area contributed by atoms with Crippen LogP contribution in [-0.4, -0.2) is 43.5 Å². The molecule has 0 bridgehead atoms. The van der Waals surface area contributed by atoms with Gasteiger partial charge in [0.2, 0.25) is 5.91 Å². The lowest BCUT2D eigenvalue weighted by molar-refractivity contribution is -0.175. The van der Waals surface area contributed by atoms with Gasteiger partial charge in [-0.05, 0) is 32.4 Å². The third-order valence-electron chi connectivity index (χ3n) is 3.46. The maximum Gasteiger partial charge on any atom is 0.314 e. The van der Waals surface area contributed by atoms with E-state index in [-0.39, 0.29) is 32.0 Å². The van der Waals surface area contributed by atoms with Crippen molar-refractivity contribution in [2.75, 3.05) is 25.2 Å². The molecule has 0 aliphatic rings. The Kier molecular flexibility index (Phi) is 8.29. The lowest BCUT2D eigenvalue weighted by Crippen LogP contribution is -2.34. The number of aliphatic hydroxyl groups is 1. The van der Waals surface area contributed by atoms with Gasteiger partial charge in [0.25, 0.3) is 0 Å². The largest absolute Gasteiger partial charge is 0.466 e. The van der Waals surface area contributed by atoms with Crippen LogP contribution in [0.5, 0.6) is 0 Å². The molecule has 0 radical (unpaired) electrons. The number of amides is 1. The van der Waals surface area contributed by atoms with Crippen molar-refractivity contribution in [3.05, 3.63) is 30.3 Å². The molecule has 6 nitrogen and oxygen atoms in total. The molecule has 1 N–H and O–H groups in total. The van der Waals surface area contributed by atoms with Crippen molar-refractivity contribution in [1.29, 1.82) is 0 Å². The zero-order valence-electron chi connectivity index (χ0n) is 13.9. The monoisotopic (exact) mass is 323 g/mol. The molecule has 2 atom stereocenters. The topological polar surface area (TPSA) is 76.1 Å².